The summed E-state index contributed by atoms with van der Waals surface area (Å²) in [6, 6.07) is 15.9. The molecule has 6 heteroatoms. The first kappa shape index (κ1) is 17.2. The molecule has 1 aliphatic heterocycles. The topological polar surface area (TPSA) is 47.6 Å². The number of carbonyl (C=O) groups is 1. The van der Waals surface area contributed by atoms with Crippen molar-refractivity contribution in [2.24, 2.45) is 0 Å². The molecule has 0 aliphatic carbocycles. The number of rotatable bonds is 5. The van der Waals surface area contributed by atoms with Crippen molar-refractivity contribution in [1.29, 1.82) is 0 Å². The third-order valence-electron chi connectivity index (χ3n) is 4.31. The Bertz CT molecular complexity index is 670. The van der Waals surface area contributed by atoms with E-state index in [1.807, 2.05) is 6.07 Å². The third kappa shape index (κ3) is 5.19. The molecular formula is C19H23FN4O. The maximum atomic E-state index is 12.8. The van der Waals surface area contributed by atoms with E-state index in [4.69, 9.17) is 0 Å². The van der Waals surface area contributed by atoms with E-state index in [0.29, 0.717) is 12.2 Å². The normalized spacial score (nSPS) is 15.0. The largest absolute Gasteiger partial charge is 0.369 e. The highest BCUT2D eigenvalue weighted by Crippen LogP contribution is 2.15. The number of carbonyl (C=O) groups excluding carboxylic acids is 1. The Balaban J connectivity index is 1.34. The number of nitrogens with one attached hydrogen (secondary N) is 2. The highest BCUT2D eigenvalue weighted by atomic mass is 19.1. The number of anilines is 2. The van der Waals surface area contributed by atoms with Crippen molar-refractivity contribution < 1.29 is 9.18 Å². The van der Waals surface area contributed by atoms with Crippen LogP contribution in [0.3, 0.4) is 0 Å². The number of hydrogen-bond acceptors (Lipinski definition) is 3. The number of urea groups is 1. The van der Waals surface area contributed by atoms with Crippen molar-refractivity contribution in [3.63, 3.8) is 0 Å². The summed E-state index contributed by atoms with van der Waals surface area (Å²) in [5.41, 5.74) is 1.84. The molecule has 0 spiro atoms. The quantitative estimate of drug-likeness (QED) is 0.878. The zero-order chi connectivity index (χ0) is 17.5. The fourth-order valence-electron chi connectivity index (χ4n) is 2.90. The fraction of sp³-hybridized carbons (Fsp3) is 0.316. The van der Waals surface area contributed by atoms with Crippen LogP contribution in [0.25, 0.3) is 0 Å². The molecular weight excluding hydrogens is 319 g/mol. The minimum absolute atomic E-state index is 0.269. The number of halogens is 1. The Labute approximate surface area is 147 Å². The van der Waals surface area contributed by atoms with E-state index < -0.39 is 0 Å². The second-order valence-electron chi connectivity index (χ2n) is 6.05. The zero-order valence-corrected chi connectivity index (χ0v) is 14.1. The smallest absolute Gasteiger partial charge is 0.319 e. The molecule has 0 unspecified atom stereocenters. The van der Waals surface area contributed by atoms with Crippen molar-refractivity contribution in [2.45, 2.75) is 0 Å². The van der Waals surface area contributed by atoms with Crippen LogP contribution in [-0.2, 0) is 0 Å². The molecule has 3 rings (SSSR count). The van der Waals surface area contributed by atoms with E-state index in [1.54, 1.807) is 0 Å². The molecule has 2 aromatic carbocycles. The maximum absolute atomic E-state index is 12.8. The summed E-state index contributed by atoms with van der Waals surface area (Å²) in [4.78, 5) is 16.6. The lowest BCUT2D eigenvalue weighted by molar-refractivity contribution is 0.240. The molecule has 25 heavy (non-hydrogen) atoms. The molecule has 0 aromatic heterocycles. The Hall–Kier alpha value is -2.60. The van der Waals surface area contributed by atoms with E-state index in [2.05, 4.69) is 44.7 Å². The van der Waals surface area contributed by atoms with Crippen LogP contribution in [0.4, 0.5) is 20.6 Å². The average Bonchev–Trinajstić information content (AvgIpc) is 2.65. The first-order valence-electron chi connectivity index (χ1n) is 8.53. The number of piperazine rings is 1. The number of hydrogen-bond donors (Lipinski definition) is 2. The Morgan fingerprint density at radius 2 is 1.64 bits per heavy atom. The average molecular weight is 342 g/mol. The number of nitrogens with zero attached hydrogens (tertiary/aromatic N) is 2. The molecule has 0 bridgehead atoms. The predicted molar refractivity (Wildman–Crippen MR) is 98.5 cm³/mol. The molecule has 5 nitrogen and oxygen atoms in total. The van der Waals surface area contributed by atoms with Crippen molar-refractivity contribution in [3.05, 3.63) is 60.4 Å². The third-order valence-corrected chi connectivity index (χ3v) is 4.31. The Morgan fingerprint density at radius 1 is 0.960 bits per heavy atom. The van der Waals surface area contributed by atoms with Crippen molar-refractivity contribution in [1.82, 2.24) is 10.2 Å². The van der Waals surface area contributed by atoms with Gasteiger partial charge >= 0.3 is 6.03 Å². The summed E-state index contributed by atoms with van der Waals surface area (Å²) >= 11 is 0. The summed E-state index contributed by atoms with van der Waals surface area (Å²) in [5.74, 6) is -0.319. The lowest BCUT2D eigenvalue weighted by Crippen LogP contribution is -2.48. The molecule has 1 saturated heterocycles. The molecule has 132 valence electrons. The fourth-order valence-corrected chi connectivity index (χ4v) is 2.90. The number of para-hydroxylation sites is 1. The van der Waals surface area contributed by atoms with Crippen LogP contribution in [0.5, 0.6) is 0 Å². The van der Waals surface area contributed by atoms with Crippen molar-refractivity contribution in [3.8, 4) is 0 Å². The summed E-state index contributed by atoms with van der Waals surface area (Å²) in [6.45, 7) is 5.35. The van der Waals surface area contributed by atoms with Crippen LogP contribution in [0.1, 0.15) is 0 Å². The van der Waals surface area contributed by atoms with Gasteiger partial charge < -0.3 is 15.5 Å². The van der Waals surface area contributed by atoms with Gasteiger partial charge in [-0.3, -0.25) is 4.90 Å². The second-order valence-corrected chi connectivity index (χ2v) is 6.05. The first-order chi connectivity index (χ1) is 12.2. The van der Waals surface area contributed by atoms with Gasteiger partial charge in [0.25, 0.3) is 0 Å². The second kappa shape index (κ2) is 8.48. The van der Waals surface area contributed by atoms with Crippen LogP contribution in [-0.4, -0.2) is 50.2 Å². The van der Waals surface area contributed by atoms with Gasteiger partial charge in [-0.25, -0.2) is 9.18 Å². The lowest BCUT2D eigenvalue weighted by atomic mass is 10.2. The molecule has 2 aromatic rings. The van der Waals surface area contributed by atoms with Crippen molar-refractivity contribution in [2.75, 3.05) is 49.5 Å². The highest BCUT2D eigenvalue weighted by Gasteiger charge is 2.16. The summed E-state index contributed by atoms with van der Waals surface area (Å²) in [7, 11) is 0. The minimum Gasteiger partial charge on any atom is -0.369 e. The molecule has 0 atom stereocenters. The molecule has 2 N–H and O–H groups in total. The van der Waals surface area contributed by atoms with Gasteiger partial charge in [0.2, 0.25) is 0 Å². The van der Waals surface area contributed by atoms with Gasteiger partial charge in [0.1, 0.15) is 5.82 Å². The van der Waals surface area contributed by atoms with E-state index in [1.165, 1.54) is 30.0 Å². The van der Waals surface area contributed by atoms with E-state index in [0.717, 1.165) is 32.7 Å². The summed E-state index contributed by atoms with van der Waals surface area (Å²) < 4.78 is 12.8. The first-order valence-corrected chi connectivity index (χ1v) is 8.53. The predicted octanol–water partition coefficient (Wildman–Crippen LogP) is 2.77. The Kier molecular flexibility index (Phi) is 5.85. The Morgan fingerprint density at radius 3 is 2.32 bits per heavy atom. The number of benzene rings is 2. The van der Waals surface area contributed by atoms with Gasteiger partial charge in [0.15, 0.2) is 0 Å². The van der Waals surface area contributed by atoms with Gasteiger partial charge in [-0.1, -0.05) is 18.2 Å². The number of amides is 2. The van der Waals surface area contributed by atoms with Crippen LogP contribution < -0.4 is 15.5 Å². The highest BCUT2D eigenvalue weighted by molar-refractivity contribution is 5.89. The van der Waals surface area contributed by atoms with E-state index >= 15 is 0 Å². The molecule has 0 saturated carbocycles. The zero-order valence-electron chi connectivity index (χ0n) is 14.1. The summed E-state index contributed by atoms with van der Waals surface area (Å²) in [5, 5.41) is 5.53. The minimum atomic E-state index is -0.319. The molecule has 0 radical (unpaired) electrons. The molecule has 1 heterocycles. The maximum Gasteiger partial charge on any atom is 0.319 e. The standard InChI is InChI=1S/C19H23FN4O/c20-16-6-8-17(9-7-16)22-19(25)21-10-11-23-12-14-24(15-13-23)18-4-2-1-3-5-18/h1-9H,10-15H2,(H2,21,22,25). The molecule has 1 fully saturated rings. The van der Waals surface area contributed by atoms with Crippen LogP contribution in [0.15, 0.2) is 54.6 Å². The van der Waals surface area contributed by atoms with Gasteiger partial charge in [0.05, 0.1) is 0 Å². The summed E-state index contributed by atoms with van der Waals surface area (Å²) in [6.07, 6.45) is 0. The molecule has 2 amide bonds. The van der Waals surface area contributed by atoms with Crippen LogP contribution in [0, 0.1) is 5.82 Å². The van der Waals surface area contributed by atoms with Gasteiger partial charge in [-0.2, -0.15) is 0 Å². The molecule has 1 aliphatic rings. The van der Waals surface area contributed by atoms with Gasteiger partial charge in [-0.15, -0.1) is 0 Å². The monoisotopic (exact) mass is 342 g/mol. The van der Waals surface area contributed by atoms with Gasteiger partial charge in [0, 0.05) is 50.6 Å². The van der Waals surface area contributed by atoms with Crippen LogP contribution in [0.2, 0.25) is 0 Å². The lowest BCUT2D eigenvalue weighted by Gasteiger charge is -2.36. The van der Waals surface area contributed by atoms with Crippen LogP contribution >= 0.6 is 0 Å². The van der Waals surface area contributed by atoms with Crippen molar-refractivity contribution >= 4 is 17.4 Å². The van der Waals surface area contributed by atoms with Gasteiger partial charge in [-0.05, 0) is 36.4 Å². The van der Waals surface area contributed by atoms with E-state index in [-0.39, 0.29) is 11.8 Å². The van der Waals surface area contributed by atoms with E-state index in [9.17, 15) is 9.18 Å². The SMILES string of the molecule is O=C(NCCN1CCN(c2ccccc2)CC1)Nc1ccc(F)cc1.